The lowest BCUT2D eigenvalue weighted by Gasteiger charge is -2.27. The highest BCUT2D eigenvalue weighted by atomic mass is 16.5. The average molecular weight is 227 g/mol. The summed E-state index contributed by atoms with van der Waals surface area (Å²) in [6.45, 7) is 2.10. The van der Waals surface area contributed by atoms with Gasteiger partial charge in [-0.05, 0) is 46.2 Å². The predicted octanol–water partition coefficient (Wildman–Crippen LogP) is 2.59. The normalized spacial score (nSPS) is 19.8. The van der Waals surface area contributed by atoms with Crippen molar-refractivity contribution < 1.29 is 9.53 Å². The van der Waals surface area contributed by atoms with Crippen LogP contribution in [0.4, 0.5) is 0 Å². The van der Waals surface area contributed by atoms with Gasteiger partial charge >= 0.3 is 5.97 Å². The minimum Gasteiger partial charge on any atom is -0.461 e. The van der Waals surface area contributed by atoms with Crippen LogP contribution >= 0.6 is 0 Å². The first-order valence-electron chi connectivity index (χ1n) is 6.52. The summed E-state index contributed by atoms with van der Waals surface area (Å²) < 4.78 is 5.59. The molecule has 0 aliphatic heterocycles. The molecule has 1 atom stereocenters. The summed E-state index contributed by atoms with van der Waals surface area (Å²) in [6, 6.07) is -0.0630. The molecule has 0 spiro atoms. The van der Waals surface area contributed by atoms with E-state index in [9.17, 15) is 4.79 Å². The SMILES string of the molecule is CCCC(C(=O)OC1CCCCC1)N(C)C. The summed E-state index contributed by atoms with van der Waals surface area (Å²) >= 11 is 0. The van der Waals surface area contributed by atoms with Gasteiger partial charge in [-0.15, -0.1) is 0 Å². The molecule has 0 aromatic carbocycles. The first-order valence-corrected chi connectivity index (χ1v) is 6.52. The van der Waals surface area contributed by atoms with Gasteiger partial charge in [0, 0.05) is 0 Å². The van der Waals surface area contributed by atoms with Gasteiger partial charge in [-0.1, -0.05) is 19.8 Å². The third kappa shape index (κ3) is 4.12. The van der Waals surface area contributed by atoms with E-state index in [4.69, 9.17) is 4.74 Å². The molecular formula is C13H25NO2. The molecule has 16 heavy (non-hydrogen) atoms. The van der Waals surface area contributed by atoms with E-state index in [2.05, 4.69) is 6.92 Å². The third-order valence-electron chi connectivity index (χ3n) is 3.29. The van der Waals surface area contributed by atoms with Crippen molar-refractivity contribution in [2.45, 2.75) is 64.0 Å². The summed E-state index contributed by atoms with van der Waals surface area (Å²) in [5.41, 5.74) is 0. The van der Waals surface area contributed by atoms with Crippen LogP contribution in [0.15, 0.2) is 0 Å². The van der Waals surface area contributed by atoms with E-state index in [1.807, 2.05) is 19.0 Å². The van der Waals surface area contributed by atoms with Crippen molar-refractivity contribution in [2.24, 2.45) is 0 Å². The summed E-state index contributed by atoms with van der Waals surface area (Å²) in [5, 5.41) is 0. The highest BCUT2D eigenvalue weighted by Gasteiger charge is 2.25. The lowest BCUT2D eigenvalue weighted by atomic mass is 9.97. The van der Waals surface area contributed by atoms with E-state index in [-0.39, 0.29) is 18.1 Å². The van der Waals surface area contributed by atoms with Gasteiger partial charge in [0.25, 0.3) is 0 Å². The van der Waals surface area contributed by atoms with Crippen LogP contribution in [0.25, 0.3) is 0 Å². The van der Waals surface area contributed by atoms with E-state index in [1.165, 1.54) is 19.3 Å². The highest BCUT2D eigenvalue weighted by molar-refractivity contribution is 5.75. The Hall–Kier alpha value is -0.570. The fraction of sp³-hybridized carbons (Fsp3) is 0.923. The maximum atomic E-state index is 12.0. The second kappa shape index (κ2) is 6.89. The highest BCUT2D eigenvalue weighted by Crippen LogP contribution is 2.21. The largest absolute Gasteiger partial charge is 0.461 e. The van der Waals surface area contributed by atoms with Gasteiger partial charge in [0.05, 0.1) is 0 Å². The van der Waals surface area contributed by atoms with Crippen LogP contribution in [-0.2, 0) is 9.53 Å². The molecule has 0 radical (unpaired) electrons. The standard InChI is InChI=1S/C13H25NO2/c1-4-8-12(14(2)3)13(15)16-11-9-6-5-7-10-11/h11-12H,4-10H2,1-3H3. The third-order valence-corrected chi connectivity index (χ3v) is 3.29. The zero-order chi connectivity index (χ0) is 12.0. The Bertz CT molecular complexity index is 210. The minimum absolute atomic E-state index is 0.0289. The van der Waals surface area contributed by atoms with E-state index < -0.39 is 0 Å². The Kier molecular flexibility index (Phi) is 5.81. The van der Waals surface area contributed by atoms with Crippen molar-refractivity contribution in [3.63, 3.8) is 0 Å². The fourth-order valence-electron chi connectivity index (χ4n) is 2.29. The number of carbonyl (C=O) groups is 1. The Morgan fingerprint density at radius 2 is 1.94 bits per heavy atom. The Morgan fingerprint density at radius 3 is 2.44 bits per heavy atom. The summed E-state index contributed by atoms with van der Waals surface area (Å²) in [7, 11) is 3.89. The van der Waals surface area contributed by atoms with Crippen LogP contribution in [0.1, 0.15) is 51.9 Å². The quantitative estimate of drug-likeness (QED) is 0.676. The molecular weight excluding hydrogens is 202 g/mol. The van der Waals surface area contributed by atoms with Gasteiger partial charge in [0.2, 0.25) is 0 Å². The number of nitrogens with zero attached hydrogens (tertiary/aromatic N) is 1. The molecule has 1 aliphatic rings. The summed E-state index contributed by atoms with van der Waals surface area (Å²) in [6.07, 6.45) is 7.90. The number of ether oxygens (including phenoxy) is 1. The Morgan fingerprint density at radius 1 is 1.31 bits per heavy atom. The molecule has 0 N–H and O–H groups in total. The number of carbonyl (C=O) groups excluding carboxylic acids is 1. The molecule has 3 heteroatoms. The van der Waals surface area contributed by atoms with E-state index in [1.54, 1.807) is 0 Å². The maximum Gasteiger partial charge on any atom is 0.323 e. The van der Waals surface area contributed by atoms with Crippen LogP contribution in [-0.4, -0.2) is 37.1 Å². The number of likely N-dealkylation sites (N-methyl/N-ethyl adjacent to an activating group) is 1. The number of hydrogen-bond acceptors (Lipinski definition) is 3. The first kappa shape index (κ1) is 13.5. The van der Waals surface area contributed by atoms with E-state index >= 15 is 0 Å². The molecule has 0 amide bonds. The van der Waals surface area contributed by atoms with Crippen LogP contribution in [0.2, 0.25) is 0 Å². The minimum atomic E-state index is -0.0630. The van der Waals surface area contributed by atoms with E-state index in [0.29, 0.717) is 0 Å². The predicted molar refractivity (Wildman–Crippen MR) is 65.3 cm³/mol. The molecule has 0 aromatic heterocycles. The van der Waals surface area contributed by atoms with Gasteiger partial charge in [-0.2, -0.15) is 0 Å². The second-order valence-corrected chi connectivity index (χ2v) is 4.96. The molecule has 1 rings (SSSR count). The number of rotatable bonds is 5. The van der Waals surface area contributed by atoms with Crippen LogP contribution in [0.3, 0.4) is 0 Å². The lowest BCUT2D eigenvalue weighted by molar-refractivity contribution is -0.156. The average Bonchev–Trinajstić information content (AvgIpc) is 2.26. The van der Waals surface area contributed by atoms with Gasteiger partial charge in [-0.25, -0.2) is 0 Å². The molecule has 94 valence electrons. The van der Waals surface area contributed by atoms with Gasteiger partial charge < -0.3 is 4.74 Å². The molecule has 0 aromatic rings. The van der Waals surface area contributed by atoms with Crippen molar-refractivity contribution >= 4 is 5.97 Å². The van der Waals surface area contributed by atoms with Crippen LogP contribution in [0.5, 0.6) is 0 Å². The molecule has 1 saturated carbocycles. The molecule has 1 aliphatic carbocycles. The van der Waals surface area contributed by atoms with Crippen molar-refractivity contribution in [2.75, 3.05) is 14.1 Å². The second-order valence-electron chi connectivity index (χ2n) is 4.96. The summed E-state index contributed by atoms with van der Waals surface area (Å²) in [5.74, 6) is -0.0289. The molecule has 0 saturated heterocycles. The maximum absolute atomic E-state index is 12.0. The van der Waals surface area contributed by atoms with Crippen LogP contribution < -0.4 is 0 Å². The molecule has 1 unspecified atom stereocenters. The van der Waals surface area contributed by atoms with Crippen molar-refractivity contribution in [3.8, 4) is 0 Å². The van der Waals surface area contributed by atoms with E-state index in [0.717, 1.165) is 25.7 Å². The van der Waals surface area contributed by atoms with Gasteiger partial charge in [0.1, 0.15) is 12.1 Å². The zero-order valence-electron chi connectivity index (χ0n) is 10.9. The monoisotopic (exact) mass is 227 g/mol. The van der Waals surface area contributed by atoms with Gasteiger partial charge in [0.15, 0.2) is 0 Å². The number of esters is 1. The fourth-order valence-corrected chi connectivity index (χ4v) is 2.29. The molecule has 1 fully saturated rings. The summed E-state index contributed by atoms with van der Waals surface area (Å²) in [4.78, 5) is 13.9. The smallest absolute Gasteiger partial charge is 0.323 e. The van der Waals surface area contributed by atoms with Crippen molar-refractivity contribution in [3.05, 3.63) is 0 Å². The van der Waals surface area contributed by atoms with Crippen molar-refractivity contribution in [1.29, 1.82) is 0 Å². The van der Waals surface area contributed by atoms with Crippen molar-refractivity contribution in [1.82, 2.24) is 4.90 Å². The molecule has 0 heterocycles. The molecule has 3 nitrogen and oxygen atoms in total. The first-order chi connectivity index (χ1) is 7.65. The Balaban J connectivity index is 2.40. The topological polar surface area (TPSA) is 29.5 Å². The molecule has 0 bridgehead atoms. The lowest BCUT2D eigenvalue weighted by Crippen LogP contribution is -2.39. The number of hydrogen-bond donors (Lipinski definition) is 0. The van der Waals surface area contributed by atoms with Crippen LogP contribution in [0, 0.1) is 0 Å². The zero-order valence-corrected chi connectivity index (χ0v) is 10.9. The Labute approximate surface area is 99.1 Å². The van der Waals surface area contributed by atoms with Gasteiger partial charge in [-0.3, -0.25) is 9.69 Å².